The van der Waals surface area contributed by atoms with E-state index in [4.69, 9.17) is 0 Å². The lowest BCUT2D eigenvalue weighted by molar-refractivity contribution is 0.103. The van der Waals surface area contributed by atoms with Crippen LogP contribution in [0, 0.1) is 5.92 Å². The molecule has 134 valence electrons. The standard InChI is InChI=1S/C16H21N5OS3/c1-5-21(6-2)16-18-14-11(24-16)8-10(23-14)13(22)17-15-20-19-12(25-15)7-9(3)4/h8-9H,5-7H2,1-4H3,(H,17,20,22). The number of amides is 1. The van der Waals surface area contributed by atoms with Crippen LogP contribution in [0.15, 0.2) is 6.07 Å². The van der Waals surface area contributed by atoms with E-state index in [1.807, 2.05) is 6.07 Å². The van der Waals surface area contributed by atoms with Crippen LogP contribution in [0.3, 0.4) is 0 Å². The van der Waals surface area contributed by atoms with Gasteiger partial charge in [0.2, 0.25) is 5.13 Å². The molecule has 0 saturated carbocycles. The van der Waals surface area contributed by atoms with Gasteiger partial charge < -0.3 is 4.90 Å². The van der Waals surface area contributed by atoms with Crippen molar-refractivity contribution >= 4 is 59.7 Å². The highest BCUT2D eigenvalue weighted by atomic mass is 32.1. The number of hydrogen-bond donors (Lipinski definition) is 1. The summed E-state index contributed by atoms with van der Waals surface area (Å²) in [5.41, 5.74) is 0. The Morgan fingerprint density at radius 3 is 2.60 bits per heavy atom. The van der Waals surface area contributed by atoms with Crippen LogP contribution in [0.1, 0.15) is 42.4 Å². The minimum Gasteiger partial charge on any atom is -0.349 e. The molecular weight excluding hydrogens is 374 g/mol. The van der Waals surface area contributed by atoms with Crippen molar-refractivity contribution in [2.24, 2.45) is 5.92 Å². The van der Waals surface area contributed by atoms with Crippen LogP contribution in [0.25, 0.3) is 9.53 Å². The van der Waals surface area contributed by atoms with Crippen molar-refractivity contribution in [3.63, 3.8) is 0 Å². The Morgan fingerprint density at radius 2 is 1.96 bits per heavy atom. The van der Waals surface area contributed by atoms with E-state index in [2.05, 4.69) is 53.1 Å². The first kappa shape index (κ1) is 18.2. The number of fused-ring (bicyclic) bond motifs is 1. The van der Waals surface area contributed by atoms with E-state index in [1.54, 1.807) is 11.3 Å². The smallest absolute Gasteiger partial charge is 0.267 e. The largest absolute Gasteiger partial charge is 0.349 e. The van der Waals surface area contributed by atoms with Crippen LogP contribution in [-0.4, -0.2) is 34.2 Å². The summed E-state index contributed by atoms with van der Waals surface area (Å²) in [4.78, 5) is 20.9. The number of anilines is 2. The van der Waals surface area contributed by atoms with Gasteiger partial charge in [-0.2, -0.15) is 0 Å². The summed E-state index contributed by atoms with van der Waals surface area (Å²) in [5, 5.41) is 13.5. The first-order valence-corrected chi connectivity index (χ1v) is 10.7. The lowest BCUT2D eigenvalue weighted by Crippen LogP contribution is -2.21. The molecule has 0 aromatic carbocycles. The maximum Gasteiger partial charge on any atom is 0.267 e. The van der Waals surface area contributed by atoms with Crippen LogP contribution < -0.4 is 10.2 Å². The number of rotatable bonds is 7. The molecule has 3 rings (SSSR count). The zero-order valence-corrected chi connectivity index (χ0v) is 17.1. The highest BCUT2D eigenvalue weighted by molar-refractivity contribution is 7.29. The summed E-state index contributed by atoms with van der Waals surface area (Å²) in [7, 11) is 0. The summed E-state index contributed by atoms with van der Waals surface area (Å²) in [6.07, 6.45) is 0.875. The van der Waals surface area contributed by atoms with Gasteiger partial charge in [-0.25, -0.2) is 4.98 Å². The molecule has 0 aliphatic rings. The third-order valence-electron chi connectivity index (χ3n) is 3.61. The van der Waals surface area contributed by atoms with Crippen LogP contribution in [0.4, 0.5) is 10.3 Å². The lowest BCUT2D eigenvalue weighted by atomic mass is 10.1. The molecule has 25 heavy (non-hydrogen) atoms. The molecule has 0 spiro atoms. The second kappa shape index (κ2) is 7.76. The Balaban J connectivity index is 1.72. The quantitative estimate of drug-likeness (QED) is 0.637. The predicted molar refractivity (Wildman–Crippen MR) is 107 cm³/mol. The normalized spacial score (nSPS) is 11.4. The molecule has 0 atom stereocenters. The fraction of sp³-hybridized carbons (Fsp3) is 0.500. The van der Waals surface area contributed by atoms with Gasteiger partial charge >= 0.3 is 0 Å². The first-order chi connectivity index (χ1) is 12.0. The van der Waals surface area contributed by atoms with Gasteiger partial charge in [0.05, 0.1) is 9.58 Å². The van der Waals surface area contributed by atoms with Gasteiger partial charge in [-0.05, 0) is 25.8 Å². The molecule has 3 aromatic rings. The number of thiophene rings is 1. The second-order valence-electron chi connectivity index (χ2n) is 6.00. The Morgan fingerprint density at radius 1 is 1.20 bits per heavy atom. The van der Waals surface area contributed by atoms with E-state index in [-0.39, 0.29) is 5.91 Å². The van der Waals surface area contributed by atoms with Crippen molar-refractivity contribution in [2.75, 3.05) is 23.3 Å². The molecule has 0 aliphatic carbocycles. The monoisotopic (exact) mass is 395 g/mol. The Bertz CT molecular complexity index is 831. The molecule has 0 aliphatic heterocycles. The molecule has 0 fully saturated rings. The number of carbonyl (C=O) groups is 1. The van der Waals surface area contributed by atoms with Crippen molar-refractivity contribution < 1.29 is 4.79 Å². The molecule has 6 nitrogen and oxygen atoms in total. The molecule has 9 heteroatoms. The van der Waals surface area contributed by atoms with Gasteiger partial charge in [0.15, 0.2) is 5.13 Å². The summed E-state index contributed by atoms with van der Waals surface area (Å²) < 4.78 is 1.05. The van der Waals surface area contributed by atoms with Crippen molar-refractivity contribution in [2.45, 2.75) is 34.1 Å². The number of hydrogen-bond acceptors (Lipinski definition) is 8. The fourth-order valence-corrected chi connectivity index (χ4v) is 5.54. The minimum atomic E-state index is -0.146. The van der Waals surface area contributed by atoms with Gasteiger partial charge in [-0.15, -0.1) is 21.5 Å². The second-order valence-corrected chi connectivity index (χ2v) is 9.10. The van der Waals surface area contributed by atoms with Crippen LogP contribution in [0.2, 0.25) is 0 Å². The number of thiazole rings is 1. The van der Waals surface area contributed by atoms with Gasteiger partial charge in [0.1, 0.15) is 9.84 Å². The summed E-state index contributed by atoms with van der Waals surface area (Å²) in [6.45, 7) is 10.4. The molecule has 0 bridgehead atoms. The van der Waals surface area contributed by atoms with Gasteiger partial charge in [0, 0.05) is 19.5 Å². The fourth-order valence-electron chi connectivity index (χ4n) is 2.36. The molecule has 1 N–H and O–H groups in total. The Hall–Kier alpha value is -1.58. The molecule has 0 saturated heterocycles. The molecule has 0 unspecified atom stereocenters. The van der Waals surface area contributed by atoms with E-state index in [0.717, 1.165) is 39.2 Å². The SMILES string of the molecule is CCN(CC)c1nc2sc(C(=O)Nc3nnc(CC(C)C)s3)cc2s1. The lowest BCUT2D eigenvalue weighted by Gasteiger charge is -2.16. The first-order valence-electron chi connectivity index (χ1n) is 8.29. The average molecular weight is 396 g/mol. The number of carbonyl (C=O) groups excluding carboxylic acids is 1. The van der Waals surface area contributed by atoms with E-state index in [9.17, 15) is 4.79 Å². The third-order valence-corrected chi connectivity index (χ3v) is 6.69. The zero-order chi connectivity index (χ0) is 18.0. The Labute approximate surface area is 158 Å². The van der Waals surface area contributed by atoms with Gasteiger partial charge in [0.25, 0.3) is 5.91 Å². The van der Waals surface area contributed by atoms with Crippen molar-refractivity contribution in [1.29, 1.82) is 0 Å². The highest BCUT2D eigenvalue weighted by Crippen LogP contribution is 2.35. The number of nitrogens with one attached hydrogen (secondary N) is 1. The summed E-state index contributed by atoms with van der Waals surface area (Å²) in [6, 6.07) is 1.91. The van der Waals surface area contributed by atoms with Crippen molar-refractivity contribution in [3.05, 3.63) is 16.0 Å². The molecule has 1 amide bonds. The number of nitrogens with zero attached hydrogens (tertiary/aromatic N) is 4. The van der Waals surface area contributed by atoms with Crippen LogP contribution in [0.5, 0.6) is 0 Å². The minimum absolute atomic E-state index is 0.146. The van der Waals surface area contributed by atoms with Crippen LogP contribution >= 0.6 is 34.0 Å². The molecular formula is C16H21N5OS3. The van der Waals surface area contributed by atoms with Crippen molar-refractivity contribution in [1.82, 2.24) is 15.2 Å². The molecule has 0 radical (unpaired) electrons. The predicted octanol–water partition coefficient (Wildman–Crippen LogP) is 4.51. The summed E-state index contributed by atoms with van der Waals surface area (Å²) in [5.74, 6) is 0.374. The van der Waals surface area contributed by atoms with E-state index in [0.29, 0.717) is 15.9 Å². The third kappa shape index (κ3) is 4.16. The van der Waals surface area contributed by atoms with Gasteiger partial charge in [-0.3, -0.25) is 10.1 Å². The maximum atomic E-state index is 12.4. The van der Waals surface area contributed by atoms with E-state index in [1.165, 1.54) is 22.7 Å². The zero-order valence-electron chi connectivity index (χ0n) is 14.7. The van der Waals surface area contributed by atoms with E-state index >= 15 is 0 Å². The maximum absolute atomic E-state index is 12.4. The summed E-state index contributed by atoms with van der Waals surface area (Å²) >= 11 is 4.48. The Kier molecular flexibility index (Phi) is 5.65. The number of aromatic nitrogens is 3. The van der Waals surface area contributed by atoms with Gasteiger partial charge in [-0.1, -0.05) is 36.5 Å². The highest BCUT2D eigenvalue weighted by Gasteiger charge is 2.17. The molecule has 3 aromatic heterocycles. The van der Waals surface area contributed by atoms with Crippen LogP contribution in [-0.2, 0) is 6.42 Å². The molecule has 3 heterocycles. The van der Waals surface area contributed by atoms with Crippen molar-refractivity contribution in [3.8, 4) is 0 Å². The average Bonchev–Trinajstić information content (AvgIpc) is 3.23. The topological polar surface area (TPSA) is 71.0 Å². The van der Waals surface area contributed by atoms with E-state index < -0.39 is 0 Å².